The maximum absolute atomic E-state index is 14.3. The Balaban J connectivity index is 0.000000312. The van der Waals surface area contributed by atoms with E-state index in [1.807, 2.05) is 33.0 Å². The fraction of sp³-hybridized carbons (Fsp3) is 0.333. The SMILES string of the molecule is CCOc1nc(N2CC[C@H](NC)C2)ncc1C(=O)Nc1cc(F)c2nn(C)cc2c1.Cc1ccc(S(=O)O)cc1. The predicted molar refractivity (Wildman–Crippen MR) is 152 cm³/mol. The molecule has 40 heavy (non-hydrogen) atoms. The monoisotopic (exact) mass is 569 g/mol. The predicted octanol–water partition coefficient (Wildman–Crippen LogP) is 3.53. The standard InChI is InChI=1S/C20H24FN7O2.C7H8O2S/c1-4-30-19-15(9-23-20(25-19)28-6-5-13(11-28)22-2)18(29)24-14-7-12-10-27(3)26-17(12)16(21)8-14;1-6-2-4-7(5-3-6)10(8)9/h7-10,13,22H,4-6,11H2,1-3H3,(H,24,29);2-5H,1H3,(H,8,9)/t13-;/m0./s1. The third kappa shape index (κ3) is 6.97. The molecule has 1 aliphatic rings. The second-order valence-electron chi connectivity index (χ2n) is 9.26. The number of carbonyl (C=O) groups excluding carboxylic acids is 1. The Labute approximate surface area is 234 Å². The van der Waals surface area contributed by atoms with Gasteiger partial charge < -0.3 is 24.8 Å². The zero-order valence-corrected chi connectivity index (χ0v) is 23.5. The summed E-state index contributed by atoms with van der Waals surface area (Å²) >= 11 is -1.84. The molecule has 1 amide bonds. The Bertz CT molecular complexity index is 1510. The fourth-order valence-electron chi connectivity index (χ4n) is 4.23. The molecule has 3 N–H and O–H groups in total. The molecule has 0 bridgehead atoms. The first-order valence-corrected chi connectivity index (χ1v) is 13.8. The van der Waals surface area contributed by atoms with E-state index in [9.17, 15) is 13.4 Å². The summed E-state index contributed by atoms with van der Waals surface area (Å²) in [5.74, 6) is -0.248. The van der Waals surface area contributed by atoms with Crippen molar-refractivity contribution < 1.29 is 22.7 Å². The molecule has 1 fully saturated rings. The van der Waals surface area contributed by atoms with Crippen molar-refractivity contribution in [2.75, 3.05) is 37.0 Å². The topological polar surface area (TPSA) is 134 Å². The van der Waals surface area contributed by atoms with Crippen LogP contribution in [0.15, 0.2) is 53.7 Å². The molecule has 0 radical (unpaired) electrons. The molecule has 13 heteroatoms. The molecule has 1 unspecified atom stereocenters. The molecule has 0 spiro atoms. The zero-order valence-electron chi connectivity index (χ0n) is 22.7. The van der Waals surface area contributed by atoms with E-state index in [1.165, 1.54) is 16.9 Å². The van der Waals surface area contributed by atoms with E-state index in [2.05, 4.69) is 30.6 Å². The van der Waals surface area contributed by atoms with Gasteiger partial charge in [0.15, 0.2) is 16.9 Å². The number of rotatable bonds is 7. The summed E-state index contributed by atoms with van der Waals surface area (Å²) in [5, 5.41) is 10.6. The van der Waals surface area contributed by atoms with Crippen LogP contribution in [0.4, 0.5) is 16.0 Å². The minimum atomic E-state index is -1.84. The van der Waals surface area contributed by atoms with Gasteiger partial charge in [-0.15, -0.1) is 0 Å². The number of hydrogen-bond donors (Lipinski definition) is 3. The van der Waals surface area contributed by atoms with Gasteiger partial charge in [0, 0.05) is 49.6 Å². The molecule has 0 aliphatic carbocycles. The normalized spacial score (nSPS) is 15.4. The van der Waals surface area contributed by atoms with Gasteiger partial charge in [-0.2, -0.15) is 10.1 Å². The summed E-state index contributed by atoms with van der Waals surface area (Å²) in [4.78, 5) is 24.2. The Morgan fingerprint density at radius 2 is 2.02 bits per heavy atom. The number of likely N-dealkylation sites (N-methyl/N-ethyl adjacent to an activating group) is 1. The highest BCUT2D eigenvalue weighted by Gasteiger charge is 2.25. The molecule has 0 saturated carbocycles. The molecule has 212 valence electrons. The number of anilines is 2. The number of amides is 1. The minimum absolute atomic E-state index is 0.191. The number of hydrogen-bond acceptors (Lipinski definition) is 8. The average Bonchev–Trinajstić information content (AvgIpc) is 3.56. The van der Waals surface area contributed by atoms with Gasteiger partial charge in [-0.25, -0.2) is 13.6 Å². The summed E-state index contributed by atoms with van der Waals surface area (Å²) in [6.07, 6.45) is 4.13. The van der Waals surface area contributed by atoms with E-state index >= 15 is 0 Å². The van der Waals surface area contributed by atoms with Crippen LogP contribution < -0.4 is 20.3 Å². The van der Waals surface area contributed by atoms with Crippen LogP contribution in [-0.2, 0) is 18.1 Å². The van der Waals surface area contributed by atoms with Gasteiger partial charge in [0.1, 0.15) is 11.1 Å². The van der Waals surface area contributed by atoms with Gasteiger partial charge in [-0.3, -0.25) is 9.48 Å². The second kappa shape index (κ2) is 12.9. The molecule has 1 saturated heterocycles. The molecule has 4 aromatic rings. The van der Waals surface area contributed by atoms with Crippen LogP contribution in [0.5, 0.6) is 5.88 Å². The van der Waals surface area contributed by atoms with Crippen LogP contribution in [0, 0.1) is 12.7 Å². The summed E-state index contributed by atoms with van der Waals surface area (Å²) in [7, 11) is 3.64. The molecular formula is C27H32FN7O4S. The second-order valence-corrected chi connectivity index (χ2v) is 10.2. The van der Waals surface area contributed by atoms with Crippen LogP contribution in [0.1, 0.15) is 29.3 Å². The van der Waals surface area contributed by atoms with Crippen LogP contribution in [0.25, 0.3) is 10.9 Å². The van der Waals surface area contributed by atoms with Crippen molar-refractivity contribution in [3.8, 4) is 5.88 Å². The zero-order chi connectivity index (χ0) is 28.8. The first-order valence-electron chi connectivity index (χ1n) is 12.7. The van der Waals surface area contributed by atoms with Crippen molar-refractivity contribution >= 4 is 39.5 Å². The van der Waals surface area contributed by atoms with Crippen molar-refractivity contribution in [2.24, 2.45) is 7.05 Å². The van der Waals surface area contributed by atoms with Gasteiger partial charge >= 0.3 is 0 Å². The fourth-order valence-corrected chi connectivity index (χ4v) is 4.60. The molecule has 2 aromatic carbocycles. The number of halogens is 1. The summed E-state index contributed by atoms with van der Waals surface area (Å²) < 4.78 is 40.5. The molecule has 2 atom stereocenters. The maximum atomic E-state index is 14.3. The van der Waals surface area contributed by atoms with Gasteiger partial charge in [0.2, 0.25) is 11.8 Å². The van der Waals surface area contributed by atoms with Gasteiger partial charge in [-0.1, -0.05) is 17.7 Å². The van der Waals surface area contributed by atoms with Crippen molar-refractivity contribution in [1.82, 2.24) is 25.1 Å². The summed E-state index contributed by atoms with van der Waals surface area (Å²) in [6, 6.07) is 10.2. The Morgan fingerprint density at radius 1 is 1.27 bits per heavy atom. The lowest BCUT2D eigenvalue weighted by molar-refractivity contribution is 0.102. The van der Waals surface area contributed by atoms with E-state index < -0.39 is 22.8 Å². The van der Waals surface area contributed by atoms with E-state index in [4.69, 9.17) is 9.29 Å². The number of aryl methyl sites for hydroxylation is 2. The van der Waals surface area contributed by atoms with E-state index in [-0.39, 0.29) is 17.0 Å². The number of nitrogens with one attached hydrogen (secondary N) is 2. The Hall–Kier alpha value is -3.94. The lowest BCUT2D eigenvalue weighted by Crippen LogP contribution is -2.30. The highest BCUT2D eigenvalue weighted by Crippen LogP contribution is 2.25. The third-order valence-corrected chi connectivity index (χ3v) is 6.98. The molecule has 3 heterocycles. The molecule has 1 aliphatic heterocycles. The van der Waals surface area contributed by atoms with E-state index in [1.54, 1.807) is 31.4 Å². The van der Waals surface area contributed by atoms with E-state index in [0.717, 1.165) is 25.1 Å². The quantitative estimate of drug-likeness (QED) is 0.286. The average molecular weight is 570 g/mol. The van der Waals surface area contributed by atoms with Crippen LogP contribution in [0.2, 0.25) is 0 Å². The van der Waals surface area contributed by atoms with Gasteiger partial charge in [-0.05, 0) is 51.6 Å². The van der Waals surface area contributed by atoms with E-state index in [0.29, 0.717) is 34.6 Å². The van der Waals surface area contributed by atoms with Crippen LogP contribution >= 0.6 is 0 Å². The third-order valence-electron chi connectivity index (χ3n) is 6.30. The highest BCUT2D eigenvalue weighted by molar-refractivity contribution is 7.79. The maximum Gasteiger partial charge on any atom is 0.262 e. The number of benzene rings is 2. The smallest absolute Gasteiger partial charge is 0.262 e. The summed E-state index contributed by atoms with van der Waals surface area (Å²) in [6.45, 7) is 5.73. The minimum Gasteiger partial charge on any atom is -0.477 e. The van der Waals surface area contributed by atoms with Crippen molar-refractivity contribution in [3.05, 3.63) is 65.7 Å². The van der Waals surface area contributed by atoms with Crippen LogP contribution in [-0.4, -0.2) is 67.2 Å². The van der Waals surface area contributed by atoms with Crippen molar-refractivity contribution in [2.45, 2.75) is 31.2 Å². The number of ether oxygens (including phenoxy) is 1. The lowest BCUT2D eigenvalue weighted by atomic mass is 10.2. The number of carbonyl (C=O) groups is 1. The Kier molecular flexibility index (Phi) is 9.40. The summed E-state index contributed by atoms with van der Waals surface area (Å²) in [5.41, 5.74) is 1.86. The lowest BCUT2D eigenvalue weighted by Gasteiger charge is -2.18. The van der Waals surface area contributed by atoms with Crippen LogP contribution in [0.3, 0.4) is 0 Å². The highest BCUT2D eigenvalue weighted by atomic mass is 32.2. The number of aromatic nitrogens is 4. The molecule has 11 nitrogen and oxygen atoms in total. The molecule has 5 rings (SSSR count). The first-order chi connectivity index (χ1) is 19.2. The largest absolute Gasteiger partial charge is 0.477 e. The van der Waals surface area contributed by atoms with Crippen molar-refractivity contribution in [1.29, 1.82) is 0 Å². The molecular weight excluding hydrogens is 537 g/mol. The Morgan fingerprint density at radius 3 is 2.67 bits per heavy atom. The van der Waals surface area contributed by atoms with Gasteiger partial charge in [0.25, 0.3) is 5.91 Å². The first kappa shape index (κ1) is 29.1. The number of fused-ring (bicyclic) bond motifs is 1. The van der Waals surface area contributed by atoms with Crippen molar-refractivity contribution in [3.63, 3.8) is 0 Å². The molecule has 2 aromatic heterocycles. The number of nitrogens with zero attached hydrogens (tertiary/aromatic N) is 5. The van der Waals surface area contributed by atoms with Gasteiger partial charge in [0.05, 0.1) is 11.5 Å².